The normalized spacial score (nSPS) is 10.0. The number of thioether (sulfide) groups is 1. The molecule has 2 rings (SSSR count). The van der Waals surface area contributed by atoms with Crippen LogP contribution in [0.1, 0.15) is 15.9 Å². The number of hydrogen-bond donors (Lipinski definition) is 2. The maximum atomic E-state index is 12.0. The zero-order chi connectivity index (χ0) is 16.7. The summed E-state index contributed by atoms with van der Waals surface area (Å²) in [7, 11) is 1.60. The minimum Gasteiger partial charge on any atom is -0.497 e. The van der Waals surface area contributed by atoms with E-state index in [-0.39, 0.29) is 17.6 Å². The van der Waals surface area contributed by atoms with Crippen LogP contribution in [-0.4, -0.2) is 24.7 Å². The Kier molecular flexibility index (Phi) is 6.05. The maximum Gasteiger partial charge on any atom is 0.269 e. The second kappa shape index (κ2) is 8.24. The highest BCUT2D eigenvalue weighted by Crippen LogP contribution is 2.20. The number of carbonyl (C=O) groups is 2. The molecule has 0 aliphatic carbocycles. The Hall–Kier alpha value is -2.47. The summed E-state index contributed by atoms with van der Waals surface area (Å²) in [6.45, 7) is 1.84. The Bertz CT molecular complexity index is 686. The van der Waals surface area contributed by atoms with Crippen LogP contribution in [0.4, 0.5) is 0 Å². The van der Waals surface area contributed by atoms with Gasteiger partial charge in [0, 0.05) is 10.5 Å². The smallest absolute Gasteiger partial charge is 0.269 e. The van der Waals surface area contributed by atoms with Crippen molar-refractivity contribution in [3.8, 4) is 5.75 Å². The molecule has 0 aromatic heterocycles. The summed E-state index contributed by atoms with van der Waals surface area (Å²) < 4.78 is 5.08. The van der Waals surface area contributed by atoms with Gasteiger partial charge < -0.3 is 4.74 Å². The Labute approximate surface area is 139 Å². The van der Waals surface area contributed by atoms with Crippen LogP contribution in [0.2, 0.25) is 0 Å². The average Bonchev–Trinajstić information content (AvgIpc) is 2.58. The van der Waals surface area contributed by atoms with Crippen LogP contribution >= 0.6 is 11.8 Å². The fraction of sp³-hybridized carbons (Fsp3) is 0.176. The van der Waals surface area contributed by atoms with Crippen molar-refractivity contribution in [2.24, 2.45) is 0 Å². The van der Waals surface area contributed by atoms with Gasteiger partial charge in [-0.15, -0.1) is 11.8 Å². The SMILES string of the molecule is COc1ccc(SCC(=O)NNC(=O)c2ccccc2C)cc1. The highest BCUT2D eigenvalue weighted by atomic mass is 32.2. The van der Waals surface area contributed by atoms with E-state index >= 15 is 0 Å². The molecular weight excluding hydrogens is 312 g/mol. The lowest BCUT2D eigenvalue weighted by Gasteiger charge is -2.09. The van der Waals surface area contributed by atoms with E-state index in [9.17, 15) is 9.59 Å². The number of amides is 2. The molecule has 2 aromatic carbocycles. The molecule has 0 atom stereocenters. The van der Waals surface area contributed by atoms with Crippen LogP contribution in [-0.2, 0) is 4.79 Å². The van der Waals surface area contributed by atoms with E-state index < -0.39 is 0 Å². The Morgan fingerprint density at radius 1 is 1.04 bits per heavy atom. The largest absolute Gasteiger partial charge is 0.497 e. The van der Waals surface area contributed by atoms with Gasteiger partial charge in [0.05, 0.1) is 12.9 Å². The first kappa shape index (κ1) is 16.9. The molecule has 2 amide bonds. The van der Waals surface area contributed by atoms with Crippen LogP contribution in [0.15, 0.2) is 53.4 Å². The Morgan fingerprint density at radius 2 is 1.74 bits per heavy atom. The van der Waals surface area contributed by atoms with E-state index in [1.54, 1.807) is 19.2 Å². The van der Waals surface area contributed by atoms with Crippen molar-refractivity contribution in [2.75, 3.05) is 12.9 Å². The summed E-state index contributed by atoms with van der Waals surface area (Å²) in [5.41, 5.74) is 6.23. The molecule has 6 heteroatoms. The lowest BCUT2D eigenvalue weighted by atomic mass is 10.1. The van der Waals surface area contributed by atoms with E-state index in [1.807, 2.05) is 43.3 Å². The third kappa shape index (κ3) is 5.03. The summed E-state index contributed by atoms with van der Waals surface area (Å²) in [6, 6.07) is 14.6. The number of hydrogen-bond acceptors (Lipinski definition) is 4. The highest BCUT2D eigenvalue weighted by molar-refractivity contribution is 8.00. The zero-order valence-electron chi connectivity index (χ0n) is 13.0. The first-order valence-corrected chi connectivity index (χ1v) is 8.00. The number of ether oxygens (including phenoxy) is 1. The van der Waals surface area contributed by atoms with Gasteiger partial charge in [-0.05, 0) is 42.8 Å². The van der Waals surface area contributed by atoms with Crippen molar-refractivity contribution in [2.45, 2.75) is 11.8 Å². The molecule has 120 valence electrons. The molecule has 0 unspecified atom stereocenters. The molecule has 0 fully saturated rings. The molecule has 2 N–H and O–H groups in total. The number of benzene rings is 2. The zero-order valence-corrected chi connectivity index (χ0v) is 13.8. The van der Waals surface area contributed by atoms with Crippen LogP contribution in [0.5, 0.6) is 5.75 Å². The van der Waals surface area contributed by atoms with E-state index in [0.717, 1.165) is 16.2 Å². The predicted octanol–water partition coefficient (Wildman–Crippen LogP) is 2.56. The second-order valence-corrected chi connectivity index (χ2v) is 5.83. The predicted molar refractivity (Wildman–Crippen MR) is 90.5 cm³/mol. The summed E-state index contributed by atoms with van der Waals surface area (Å²) in [4.78, 5) is 24.7. The lowest BCUT2D eigenvalue weighted by Crippen LogP contribution is -2.42. The van der Waals surface area contributed by atoms with Crippen LogP contribution < -0.4 is 15.6 Å². The van der Waals surface area contributed by atoms with Gasteiger partial charge in [-0.3, -0.25) is 20.4 Å². The Morgan fingerprint density at radius 3 is 2.39 bits per heavy atom. The van der Waals surface area contributed by atoms with Crippen LogP contribution in [0.3, 0.4) is 0 Å². The monoisotopic (exact) mass is 330 g/mol. The molecule has 0 heterocycles. The summed E-state index contributed by atoms with van der Waals surface area (Å²) in [6.07, 6.45) is 0. The molecule has 23 heavy (non-hydrogen) atoms. The van der Waals surface area contributed by atoms with Crippen molar-refractivity contribution in [3.63, 3.8) is 0 Å². The average molecular weight is 330 g/mol. The van der Waals surface area contributed by atoms with E-state index in [2.05, 4.69) is 10.9 Å². The number of hydrazine groups is 1. The lowest BCUT2D eigenvalue weighted by molar-refractivity contribution is -0.119. The van der Waals surface area contributed by atoms with Gasteiger partial charge in [0.2, 0.25) is 5.91 Å². The molecule has 0 aliphatic rings. The molecular formula is C17H18N2O3S. The maximum absolute atomic E-state index is 12.0. The van der Waals surface area contributed by atoms with Crippen molar-refractivity contribution in [3.05, 3.63) is 59.7 Å². The van der Waals surface area contributed by atoms with Crippen LogP contribution in [0, 0.1) is 6.92 Å². The first-order chi connectivity index (χ1) is 11.1. The number of nitrogens with one attached hydrogen (secondary N) is 2. The Balaban J connectivity index is 1.78. The third-order valence-corrected chi connectivity index (χ3v) is 4.15. The quantitative estimate of drug-likeness (QED) is 0.653. The van der Waals surface area contributed by atoms with Crippen molar-refractivity contribution in [1.29, 1.82) is 0 Å². The molecule has 0 saturated heterocycles. The van der Waals surface area contributed by atoms with Crippen molar-refractivity contribution in [1.82, 2.24) is 10.9 Å². The van der Waals surface area contributed by atoms with E-state index in [0.29, 0.717) is 5.56 Å². The third-order valence-electron chi connectivity index (χ3n) is 3.13. The fourth-order valence-electron chi connectivity index (χ4n) is 1.88. The molecule has 0 spiro atoms. The molecule has 0 aliphatic heterocycles. The summed E-state index contributed by atoms with van der Waals surface area (Å²) >= 11 is 1.38. The molecule has 5 nitrogen and oxygen atoms in total. The van der Waals surface area contributed by atoms with Crippen molar-refractivity contribution < 1.29 is 14.3 Å². The van der Waals surface area contributed by atoms with Gasteiger partial charge in [0.1, 0.15) is 5.75 Å². The van der Waals surface area contributed by atoms with Gasteiger partial charge in [-0.1, -0.05) is 18.2 Å². The molecule has 0 saturated carbocycles. The highest BCUT2D eigenvalue weighted by Gasteiger charge is 2.09. The number of aryl methyl sites for hydroxylation is 1. The second-order valence-electron chi connectivity index (χ2n) is 4.78. The van der Waals surface area contributed by atoms with Gasteiger partial charge in [-0.2, -0.15) is 0 Å². The number of methoxy groups -OCH3 is 1. The summed E-state index contributed by atoms with van der Waals surface area (Å²) in [5, 5.41) is 0. The minimum atomic E-state index is -0.328. The van der Waals surface area contributed by atoms with Crippen molar-refractivity contribution >= 4 is 23.6 Å². The summed E-state index contributed by atoms with van der Waals surface area (Å²) in [5.74, 6) is 0.378. The van der Waals surface area contributed by atoms with Crippen LogP contribution in [0.25, 0.3) is 0 Å². The first-order valence-electron chi connectivity index (χ1n) is 7.02. The van der Waals surface area contributed by atoms with E-state index in [1.165, 1.54) is 11.8 Å². The number of rotatable bonds is 5. The molecule has 0 bridgehead atoms. The standard InChI is InChI=1S/C17H18N2O3S/c1-12-5-3-4-6-15(12)17(21)19-18-16(20)11-23-14-9-7-13(22-2)8-10-14/h3-10H,11H2,1-2H3,(H,18,20)(H,19,21). The van der Waals surface area contributed by atoms with Gasteiger partial charge in [-0.25, -0.2) is 0 Å². The van der Waals surface area contributed by atoms with Gasteiger partial charge in [0.25, 0.3) is 5.91 Å². The fourth-order valence-corrected chi connectivity index (χ4v) is 2.58. The van der Waals surface area contributed by atoms with Gasteiger partial charge >= 0.3 is 0 Å². The minimum absolute atomic E-state index is 0.209. The molecule has 2 aromatic rings. The van der Waals surface area contributed by atoms with Gasteiger partial charge in [0.15, 0.2) is 0 Å². The van der Waals surface area contributed by atoms with E-state index in [4.69, 9.17) is 4.74 Å². The topological polar surface area (TPSA) is 67.4 Å². The molecule has 0 radical (unpaired) electrons. The number of carbonyl (C=O) groups excluding carboxylic acids is 2.